The second kappa shape index (κ2) is 8.05. The van der Waals surface area contributed by atoms with Crippen molar-refractivity contribution in [1.29, 1.82) is 0 Å². The van der Waals surface area contributed by atoms with Gasteiger partial charge in [-0.05, 0) is 36.4 Å². The first kappa shape index (κ1) is 19.9. The molecule has 0 radical (unpaired) electrons. The maximum Gasteiger partial charge on any atom is 0.303 e. The molecule has 0 unspecified atom stereocenters. The third kappa shape index (κ3) is 4.06. The van der Waals surface area contributed by atoms with Crippen LogP contribution in [0.5, 0.6) is 23.0 Å². The van der Waals surface area contributed by atoms with Crippen molar-refractivity contribution in [2.24, 2.45) is 7.05 Å². The van der Waals surface area contributed by atoms with Gasteiger partial charge < -0.3 is 24.3 Å². The second-order valence-corrected chi connectivity index (χ2v) is 6.36. The zero-order valence-electron chi connectivity index (χ0n) is 15.8. The summed E-state index contributed by atoms with van der Waals surface area (Å²) in [5, 5.41) is 19.5. The van der Waals surface area contributed by atoms with Gasteiger partial charge in [-0.15, -0.1) is 0 Å². The largest absolute Gasteiger partial charge is 0.506 e. The highest BCUT2D eigenvalue weighted by atomic mass is 16.5. The number of hydrogen-bond acceptors (Lipinski definition) is 6. The number of nitrogens with zero attached hydrogens (tertiary/aromatic N) is 1. The number of carboxylic acids is 1. The number of ether oxygens (including phenoxy) is 2. The third-order valence-electron chi connectivity index (χ3n) is 4.48. The molecule has 0 aliphatic carbocycles. The maximum absolute atomic E-state index is 12.6. The average Bonchev–Trinajstić information content (AvgIpc) is 2.71. The van der Waals surface area contributed by atoms with E-state index in [2.05, 4.69) is 0 Å². The fourth-order valence-corrected chi connectivity index (χ4v) is 2.94. The fraction of sp³-hybridized carbons (Fsp3) is 0.190. The van der Waals surface area contributed by atoms with Crippen molar-refractivity contribution in [3.63, 3.8) is 0 Å². The number of aliphatic carboxylic acids is 1. The Bertz CT molecular complexity index is 1150. The van der Waals surface area contributed by atoms with E-state index in [1.807, 2.05) is 0 Å². The number of rotatable bonds is 7. The number of benzene rings is 2. The van der Waals surface area contributed by atoms with Gasteiger partial charge in [-0.3, -0.25) is 14.4 Å². The monoisotopic (exact) mass is 397 g/mol. The molecule has 2 aromatic carbocycles. The first-order valence-electron chi connectivity index (χ1n) is 8.74. The van der Waals surface area contributed by atoms with Crippen molar-refractivity contribution in [2.45, 2.75) is 12.8 Å². The first-order chi connectivity index (χ1) is 13.8. The molecule has 0 amide bonds. The molecule has 3 aromatic rings. The number of methoxy groups -OCH3 is 1. The number of carboxylic acid groups (broad SMARTS) is 1. The summed E-state index contributed by atoms with van der Waals surface area (Å²) < 4.78 is 12.1. The van der Waals surface area contributed by atoms with Crippen molar-refractivity contribution >= 4 is 22.7 Å². The summed E-state index contributed by atoms with van der Waals surface area (Å²) in [4.78, 5) is 35.6. The summed E-state index contributed by atoms with van der Waals surface area (Å²) in [6.07, 6.45) is -0.795. The lowest BCUT2D eigenvalue weighted by atomic mass is 10.0. The molecule has 0 aliphatic rings. The minimum Gasteiger partial charge on any atom is -0.506 e. The van der Waals surface area contributed by atoms with Crippen LogP contribution in [-0.4, -0.2) is 33.6 Å². The SMILES string of the molecule is COc1ccc(Oc2ccc3c(O)c(C(=O)CCC(=O)O)c(=O)n(C)c3c2)cc1. The van der Waals surface area contributed by atoms with Crippen LogP contribution in [0, 0.1) is 0 Å². The number of pyridine rings is 1. The molecule has 1 heterocycles. The molecule has 0 aliphatic heterocycles. The standard InChI is InChI=1S/C21H19NO7/c1-22-16-11-14(29-13-5-3-12(28-2)4-6-13)7-8-15(16)20(26)19(21(22)27)17(23)9-10-18(24)25/h3-8,11,26H,9-10H2,1-2H3,(H,24,25). The minimum absolute atomic E-state index is 0.285. The Morgan fingerprint density at radius 1 is 1.00 bits per heavy atom. The third-order valence-corrected chi connectivity index (χ3v) is 4.48. The molecule has 3 rings (SSSR count). The normalized spacial score (nSPS) is 10.7. The van der Waals surface area contributed by atoms with Gasteiger partial charge in [0.25, 0.3) is 5.56 Å². The van der Waals surface area contributed by atoms with E-state index in [0.29, 0.717) is 22.8 Å². The number of carbonyl (C=O) groups excluding carboxylic acids is 1. The van der Waals surface area contributed by atoms with E-state index in [1.165, 1.54) is 17.7 Å². The van der Waals surface area contributed by atoms with Crippen molar-refractivity contribution < 1.29 is 29.3 Å². The van der Waals surface area contributed by atoms with Gasteiger partial charge in [-0.2, -0.15) is 0 Å². The number of aryl methyl sites for hydroxylation is 1. The number of fused-ring (bicyclic) bond motifs is 1. The molecule has 0 bridgehead atoms. The Balaban J connectivity index is 2.00. The Morgan fingerprint density at radius 2 is 1.62 bits per heavy atom. The van der Waals surface area contributed by atoms with Crippen LogP contribution in [0.3, 0.4) is 0 Å². The summed E-state index contributed by atoms with van der Waals surface area (Å²) >= 11 is 0. The number of aromatic nitrogens is 1. The van der Waals surface area contributed by atoms with Gasteiger partial charge in [0.2, 0.25) is 0 Å². The molecule has 0 saturated carbocycles. The van der Waals surface area contributed by atoms with Gasteiger partial charge in [0.1, 0.15) is 28.6 Å². The van der Waals surface area contributed by atoms with E-state index < -0.39 is 35.0 Å². The molecular weight excluding hydrogens is 378 g/mol. The van der Waals surface area contributed by atoms with Crippen LogP contribution in [0.25, 0.3) is 10.9 Å². The van der Waals surface area contributed by atoms with Crippen molar-refractivity contribution in [3.8, 4) is 23.0 Å². The lowest BCUT2D eigenvalue weighted by Gasteiger charge is -2.13. The molecular formula is C21H19NO7. The average molecular weight is 397 g/mol. The van der Waals surface area contributed by atoms with Gasteiger partial charge in [0, 0.05) is 24.9 Å². The maximum atomic E-state index is 12.6. The molecule has 0 spiro atoms. The zero-order chi connectivity index (χ0) is 21.1. The number of aromatic hydroxyl groups is 1. The van der Waals surface area contributed by atoms with E-state index in [9.17, 15) is 19.5 Å². The highest BCUT2D eigenvalue weighted by molar-refractivity contribution is 6.04. The smallest absolute Gasteiger partial charge is 0.303 e. The molecule has 2 N–H and O–H groups in total. The van der Waals surface area contributed by atoms with Crippen LogP contribution in [0.4, 0.5) is 0 Å². The molecule has 0 saturated heterocycles. The lowest BCUT2D eigenvalue weighted by molar-refractivity contribution is -0.136. The quantitative estimate of drug-likeness (QED) is 0.589. The number of ketones is 1. The van der Waals surface area contributed by atoms with E-state index >= 15 is 0 Å². The van der Waals surface area contributed by atoms with E-state index in [-0.39, 0.29) is 11.8 Å². The first-order valence-corrected chi connectivity index (χ1v) is 8.74. The highest BCUT2D eigenvalue weighted by Gasteiger charge is 2.22. The van der Waals surface area contributed by atoms with Crippen molar-refractivity contribution in [2.75, 3.05) is 7.11 Å². The fourth-order valence-electron chi connectivity index (χ4n) is 2.94. The van der Waals surface area contributed by atoms with Crippen LogP contribution in [0.1, 0.15) is 23.2 Å². The predicted octanol–water partition coefficient (Wildman–Crippen LogP) is 3.09. The number of carbonyl (C=O) groups is 2. The summed E-state index contributed by atoms with van der Waals surface area (Å²) in [5.41, 5.74) is -0.745. The van der Waals surface area contributed by atoms with Crippen molar-refractivity contribution in [3.05, 3.63) is 58.4 Å². The van der Waals surface area contributed by atoms with Gasteiger partial charge in [-0.1, -0.05) is 0 Å². The summed E-state index contributed by atoms with van der Waals surface area (Å²) in [5.74, 6) is -0.665. The Morgan fingerprint density at radius 3 is 2.24 bits per heavy atom. The molecule has 8 nitrogen and oxygen atoms in total. The Kier molecular flexibility index (Phi) is 5.54. The number of Topliss-reactive ketones (excluding diaryl/α,β-unsaturated/α-hetero) is 1. The summed E-state index contributed by atoms with van der Waals surface area (Å²) in [6, 6.07) is 11.7. The summed E-state index contributed by atoms with van der Waals surface area (Å²) in [6.45, 7) is 0. The van der Waals surface area contributed by atoms with E-state index in [0.717, 1.165) is 0 Å². The van der Waals surface area contributed by atoms with Gasteiger partial charge in [0.05, 0.1) is 19.0 Å². The predicted molar refractivity (Wildman–Crippen MR) is 105 cm³/mol. The van der Waals surface area contributed by atoms with Gasteiger partial charge in [0.15, 0.2) is 5.78 Å². The molecule has 150 valence electrons. The molecule has 1 aromatic heterocycles. The van der Waals surface area contributed by atoms with Gasteiger partial charge >= 0.3 is 5.97 Å². The highest BCUT2D eigenvalue weighted by Crippen LogP contribution is 2.32. The van der Waals surface area contributed by atoms with Gasteiger partial charge in [-0.25, -0.2) is 0 Å². The topological polar surface area (TPSA) is 115 Å². The molecule has 29 heavy (non-hydrogen) atoms. The Hall–Kier alpha value is -3.81. The molecule has 0 fully saturated rings. The molecule has 0 atom stereocenters. The second-order valence-electron chi connectivity index (χ2n) is 6.36. The van der Waals surface area contributed by atoms with Crippen molar-refractivity contribution in [1.82, 2.24) is 4.57 Å². The van der Waals surface area contributed by atoms with Crippen LogP contribution >= 0.6 is 0 Å². The van der Waals surface area contributed by atoms with E-state index in [1.54, 1.807) is 43.5 Å². The van der Waals surface area contributed by atoms with E-state index in [4.69, 9.17) is 14.6 Å². The van der Waals surface area contributed by atoms with Crippen LogP contribution in [-0.2, 0) is 11.8 Å². The molecule has 8 heteroatoms. The van der Waals surface area contributed by atoms with Crippen LogP contribution < -0.4 is 15.0 Å². The van der Waals surface area contributed by atoms with Crippen LogP contribution in [0.15, 0.2) is 47.3 Å². The lowest BCUT2D eigenvalue weighted by Crippen LogP contribution is -2.25. The summed E-state index contributed by atoms with van der Waals surface area (Å²) in [7, 11) is 3.03. The minimum atomic E-state index is -1.16. The Labute approximate surface area is 165 Å². The van der Waals surface area contributed by atoms with Crippen LogP contribution in [0.2, 0.25) is 0 Å². The zero-order valence-corrected chi connectivity index (χ0v) is 15.8. The number of hydrogen-bond donors (Lipinski definition) is 2.